The highest BCUT2D eigenvalue weighted by Crippen LogP contribution is 2.23. The minimum atomic E-state index is -0.467. The number of hydrogen-bond acceptors (Lipinski definition) is 2. The fourth-order valence-corrected chi connectivity index (χ4v) is 2.05. The van der Waals surface area contributed by atoms with Gasteiger partial charge in [0, 0.05) is 17.2 Å². The average molecular weight is 324 g/mol. The summed E-state index contributed by atoms with van der Waals surface area (Å²) in [6.07, 6.45) is 0. The van der Waals surface area contributed by atoms with Crippen LogP contribution in [0.3, 0.4) is 0 Å². The second kappa shape index (κ2) is 5.40. The van der Waals surface area contributed by atoms with Crippen LogP contribution in [0.5, 0.6) is 5.75 Å². The summed E-state index contributed by atoms with van der Waals surface area (Å²) in [5.41, 5.74) is 0.856. The first-order valence-electron chi connectivity index (χ1n) is 5.51. The van der Waals surface area contributed by atoms with Gasteiger partial charge in [0.15, 0.2) is 0 Å². The van der Waals surface area contributed by atoms with Crippen molar-refractivity contribution in [3.05, 3.63) is 58.3 Å². The minimum Gasteiger partial charge on any atom is -0.508 e. The molecule has 98 valence electrons. The van der Waals surface area contributed by atoms with Crippen molar-refractivity contribution >= 4 is 27.5 Å². The molecule has 3 nitrogen and oxygen atoms in total. The Morgan fingerprint density at radius 3 is 2.47 bits per heavy atom. The number of benzene rings is 2. The second-order valence-corrected chi connectivity index (χ2v) is 4.86. The van der Waals surface area contributed by atoms with Gasteiger partial charge in [-0.3, -0.25) is 4.79 Å². The number of aromatic hydroxyl groups is 1. The molecule has 0 fully saturated rings. The number of phenols is 1. The van der Waals surface area contributed by atoms with Crippen LogP contribution < -0.4 is 4.90 Å². The lowest BCUT2D eigenvalue weighted by Crippen LogP contribution is -2.26. The number of nitrogens with zero attached hydrogens (tertiary/aromatic N) is 1. The lowest BCUT2D eigenvalue weighted by Gasteiger charge is -2.18. The molecular formula is C14H11BrFNO2. The van der Waals surface area contributed by atoms with E-state index < -0.39 is 5.82 Å². The molecule has 1 amide bonds. The highest BCUT2D eigenvalue weighted by Gasteiger charge is 2.17. The van der Waals surface area contributed by atoms with E-state index >= 15 is 0 Å². The molecular weight excluding hydrogens is 313 g/mol. The molecule has 2 rings (SSSR count). The molecule has 2 aromatic carbocycles. The molecule has 19 heavy (non-hydrogen) atoms. The SMILES string of the molecule is CN(C(=O)c1cc(F)ccc1Br)c1ccc(O)cc1. The third-order valence-corrected chi connectivity index (χ3v) is 3.39. The molecule has 0 saturated carbocycles. The van der Waals surface area contributed by atoms with E-state index in [1.54, 1.807) is 19.2 Å². The fraction of sp³-hybridized carbons (Fsp3) is 0.0714. The average Bonchev–Trinajstić information content (AvgIpc) is 2.41. The van der Waals surface area contributed by atoms with Crippen LogP contribution in [0.1, 0.15) is 10.4 Å². The monoisotopic (exact) mass is 323 g/mol. The van der Waals surface area contributed by atoms with Gasteiger partial charge in [-0.25, -0.2) is 4.39 Å². The number of amides is 1. The van der Waals surface area contributed by atoms with Crippen LogP contribution in [0.25, 0.3) is 0 Å². The largest absolute Gasteiger partial charge is 0.508 e. The zero-order valence-corrected chi connectivity index (χ0v) is 11.7. The van der Waals surface area contributed by atoms with E-state index in [0.29, 0.717) is 10.2 Å². The maximum absolute atomic E-state index is 13.2. The fourth-order valence-electron chi connectivity index (χ4n) is 1.64. The first-order chi connectivity index (χ1) is 8.99. The van der Waals surface area contributed by atoms with Gasteiger partial charge in [0.1, 0.15) is 11.6 Å². The lowest BCUT2D eigenvalue weighted by atomic mass is 10.2. The molecule has 1 N–H and O–H groups in total. The van der Waals surface area contributed by atoms with Gasteiger partial charge in [-0.2, -0.15) is 0 Å². The van der Waals surface area contributed by atoms with Crippen molar-refractivity contribution in [2.75, 3.05) is 11.9 Å². The predicted molar refractivity (Wildman–Crippen MR) is 74.9 cm³/mol. The Balaban J connectivity index is 2.33. The van der Waals surface area contributed by atoms with Gasteiger partial charge in [-0.05, 0) is 58.4 Å². The molecule has 0 atom stereocenters. The molecule has 0 aliphatic carbocycles. The summed E-state index contributed by atoms with van der Waals surface area (Å²) in [6.45, 7) is 0. The van der Waals surface area contributed by atoms with Gasteiger partial charge in [0.25, 0.3) is 5.91 Å². The zero-order valence-electron chi connectivity index (χ0n) is 10.1. The Morgan fingerprint density at radius 2 is 1.84 bits per heavy atom. The first-order valence-corrected chi connectivity index (χ1v) is 6.30. The van der Waals surface area contributed by atoms with Crippen LogP contribution in [0.15, 0.2) is 46.9 Å². The summed E-state index contributed by atoms with van der Waals surface area (Å²) in [5.74, 6) is -0.681. The Labute approximate surface area is 118 Å². The highest BCUT2D eigenvalue weighted by atomic mass is 79.9. The standard InChI is InChI=1S/C14H11BrFNO2/c1-17(10-3-5-11(18)6-4-10)14(19)12-8-9(16)2-7-13(12)15/h2-8,18H,1H3. The summed E-state index contributed by atoms with van der Waals surface area (Å²) in [6, 6.07) is 10.2. The van der Waals surface area contributed by atoms with Crippen molar-refractivity contribution < 1.29 is 14.3 Å². The second-order valence-electron chi connectivity index (χ2n) is 4.00. The van der Waals surface area contributed by atoms with Gasteiger partial charge in [-0.15, -0.1) is 0 Å². The minimum absolute atomic E-state index is 0.122. The Morgan fingerprint density at radius 1 is 1.21 bits per heavy atom. The number of hydrogen-bond donors (Lipinski definition) is 1. The Kier molecular flexibility index (Phi) is 3.85. The van der Waals surface area contributed by atoms with Crippen LogP contribution in [0.4, 0.5) is 10.1 Å². The van der Waals surface area contributed by atoms with Crippen molar-refractivity contribution in [1.29, 1.82) is 0 Å². The quantitative estimate of drug-likeness (QED) is 0.917. The van der Waals surface area contributed by atoms with E-state index in [4.69, 9.17) is 0 Å². The van der Waals surface area contributed by atoms with Gasteiger partial charge in [0.2, 0.25) is 0 Å². The van der Waals surface area contributed by atoms with E-state index in [2.05, 4.69) is 15.9 Å². The van der Waals surface area contributed by atoms with Gasteiger partial charge >= 0.3 is 0 Å². The third-order valence-electron chi connectivity index (χ3n) is 2.70. The molecule has 0 radical (unpaired) electrons. The molecule has 0 aliphatic heterocycles. The maximum Gasteiger partial charge on any atom is 0.259 e. The molecule has 0 saturated heterocycles. The van der Waals surface area contributed by atoms with Crippen molar-refractivity contribution in [2.24, 2.45) is 0 Å². The zero-order chi connectivity index (χ0) is 14.0. The highest BCUT2D eigenvalue weighted by molar-refractivity contribution is 9.10. The molecule has 2 aromatic rings. The molecule has 0 aliphatic rings. The molecule has 0 aromatic heterocycles. The Hall–Kier alpha value is -1.88. The van der Waals surface area contributed by atoms with Gasteiger partial charge in [0.05, 0.1) is 5.56 Å². The molecule has 0 bridgehead atoms. The molecule has 5 heteroatoms. The number of carbonyl (C=O) groups excluding carboxylic acids is 1. The number of anilines is 1. The number of carbonyl (C=O) groups is 1. The van der Waals surface area contributed by atoms with Crippen LogP contribution in [-0.4, -0.2) is 18.1 Å². The van der Waals surface area contributed by atoms with Gasteiger partial charge < -0.3 is 10.0 Å². The summed E-state index contributed by atoms with van der Waals surface area (Å²) in [4.78, 5) is 13.7. The normalized spacial score (nSPS) is 10.3. The van der Waals surface area contributed by atoms with Crippen LogP contribution >= 0.6 is 15.9 Å². The van der Waals surface area contributed by atoms with Crippen molar-refractivity contribution in [1.82, 2.24) is 0 Å². The van der Waals surface area contributed by atoms with E-state index in [9.17, 15) is 14.3 Å². The molecule has 0 heterocycles. The van der Waals surface area contributed by atoms with Crippen molar-refractivity contribution in [3.63, 3.8) is 0 Å². The van der Waals surface area contributed by atoms with Crippen LogP contribution in [0, 0.1) is 5.82 Å². The summed E-state index contributed by atoms with van der Waals surface area (Å²) >= 11 is 3.23. The summed E-state index contributed by atoms with van der Waals surface area (Å²) < 4.78 is 13.7. The van der Waals surface area contributed by atoms with E-state index in [0.717, 1.165) is 0 Å². The van der Waals surface area contributed by atoms with Crippen LogP contribution in [-0.2, 0) is 0 Å². The molecule has 0 spiro atoms. The topological polar surface area (TPSA) is 40.5 Å². The lowest BCUT2D eigenvalue weighted by molar-refractivity contribution is 0.0992. The number of rotatable bonds is 2. The predicted octanol–water partition coefficient (Wildman–Crippen LogP) is 3.57. The molecule has 0 unspecified atom stereocenters. The van der Waals surface area contributed by atoms with Crippen LogP contribution in [0.2, 0.25) is 0 Å². The van der Waals surface area contributed by atoms with Crippen molar-refractivity contribution in [2.45, 2.75) is 0 Å². The Bertz CT molecular complexity index is 613. The van der Waals surface area contributed by atoms with E-state index in [1.807, 2.05) is 0 Å². The third kappa shape index (κ3) is 2.93. The van der Waals surface area contributed by atoms with E-state index in [1.165, 1.54) is 35.2 Å². The first kappa shape index (κ1) is 13.5. The number of halogens is 2. The smallest absolute Gasteiger partial charge is 0.259 e. The van der Waals surface area contributed by atoms with E-state index in [-0.39, 0.29) is 17.2 Å². The van der Waals surface area contributed by atoms with Gasteiger partial charge in [-0.1, -0.05) is 0 Å². The summed E-state index contributed by atoms with van der Waals surface area (Å²) in [7, 11) is 1.59. The maximum atomic E-state index is 13.2. The summed E-state index contributed by atoms with van der Waals surface area (Å²) in [5, 5.41) is 9.21. The van der Waals surface area contributed by atoms with Crippen molar-refractivity contribution in [3.8, 4) is 5.75 Å². The number of phenolic OH excluding ortho intramolecular Hbond substituents is 1.